The van der Waals surface area contributed by atoms with Gasteiger partial charge in [0.1, 0.15) is 0 Å². The van der Waals surface area contributed by atoms with E-state index in [4.69, 9.17) is 23.2 Å². The van der Waals surface area contributed by atoms with Crippen molar-refractivity contribution >= 4 is 51.1 Å². The summed E-state index contributed by atoms with van der Waals surface area (Å²) in [5.74, 6) is 0.814. The molecule has 0 aliphatic carbocycles. The molecule has 3 nitrogen and oxygen atoms in total. The van der Waals surface area contributed by atoms with Gasteiger partial charge in [-0.2, -0.15) is 0 Å². The number of fused-ring (bicyclic) bond motifs is 1. The fourth-order valence-electron chi connectivity index (χ4n) is 2.08. The molecule has 1 aromatic carbocycles. The third-order valence-corrected chi connectivity index (χ3v) is 4.50. The molecule has 0 radical (unpaired) electrons. The van der Waals surface area contributed by atoms with Crippen LogP contribution in [-0.4, -0.2) is 17.2 Å². The first kappa shape index (κ1) is 13.6. The Morgan fingerprint density at radius 2 is 1.80 bits per heavy atom. The Bertz CT molecular complexity index is 757. The molecule has 6 heteroatoms. The third-order valence-electron chi connectivity index (χ3n) is 3.01. The number of hydrogen-bond donors (Lipinski definition) is 0. The van der Waals surface area contributed by atoms with Crippen molar-refractivity contribution in [3.05, 3.63) is 50.8 Å². The standard InChI is InChI=1S/C14H11Cl2N3S/c1-19(8-9-6-7-12(15)20-9)14-11-5-3-2-4-10(11)13(16)17-18-14/h2-7H,8H2,1H3. The van der Waals surface area contributed by atoms with Crippen LogP contribution < -0.4 is 4.90 Å². The Labute approximate surface area is 130 Å². The summed E-state index contributed by atoms with van der Waals surface area (Å²) in [6.07, 6.45) is 0. The number of anilines is 1. The molecule has 102 valence electrons. The van der Waals surface area contributed by atoms with Gasteiger partial charge >= 0.3 is 0 Å². The minimum Gasteiger partial charge on any atom is -0.353 e. The summed E-state index contributed by atoms with van der Waals surface area (Å²) in [5.41, 5.74) is 0. The largest absolute Gasteiger partial charge is 0.353 e. The first-order valence-electron chi connectivity index (χ1n) is 6.01. The molecule has 0 aliphatic rings. The molecule has 3 rings (SSSR count). The lowest BCUT2D eigenvalue weighted by Gasteiger charge is -2.18. The van der Waals surface area contributed by atoms with E-state index in [1.807, 2.05) is 48.3 Å². The molecule has 3 aromatic rings. The lowest BCUT2D eigenvalue weighted by Crippen LogP contribution is -2.17. The van der Waals surface area contributed by atoms with Gasteiger partial charge in [-0.05, 0) is 12.1 Å². The number of aromatic nitrogens is 2. The summed E-state index contributed by atoms with van der Waals surface area (Å²) in [6.45, 7) is 0.734. The van der Waals surface area contributed by atoms with Gasteiger partial charge < -0.3 is 4.90 Å². The maximum absolute atomic E-state index is 6.09. The Hall–Kier alpha value is -1.36. The summed E-state index contributed by atoms with van der Waals surface area (Å²) in [7, 11) is 1.98. The van der Waals surface area contributed by atoms with Crippen LogP contribution in [0.1, 0.15) is 4.88 Å². The Morgan fingerprint density at radius 3 is 2.50 bits per heavy atom. The van der Waals surface area contributed by atoms with E-state index in [1.54, 1.807) is 11.3 Å². The molecular formula is C14H11Cl2N3S. The van der Waals surface area contributed by atoms with E-state index in [0.29, 0.717) is 5.15 Å². The molecule has 0 N–H and O–H groups in total. The van der Waals surface area contributed by atoms with Crippen LogP contribution in [0.5, 0.6) is 0 Å². The van der Waals surface area contributed by atoms with E-state index in [1.165, 1.54) is 4.88 Å². The molecule has 2 aromatic heterocycles. The van der Waals surface area contributed by atoms with Crippen LogP contribution >= 0.6 is 34.5 Å². The number of rotatable bonds is 3. The van der Waals surface area contributed by atoms with Gasteiger partial charge in [-0.3, -0.25) is 0 Å². The predicted octanol–water partition coefficient (Wildman–Crippen LogP) is 4.63. The number of halogens is 2. The van der Waals surface area contributed by atoms with Crippen molar-refractivity contribution in [1.82, 2.24) is 10.2 Å². The second kappa shape index (κ2) is 5.56. The topological polar surface area (TPSA) is 29.0 Å². The lowest BCUT2D eigenvalue weighted by molar-refractivity contribution is 0.887. The predicted molar refractivity (Wildman–Crippen MR) is 86.0 cm³/mol. The smallest absolute Gasteiger partial charge is 0.159 e. The van der Waals surface area contributed by atoms with E-state index in [9.17, 15) is 0 Å². The molecule has 0 fully saturated rings. The minimum absolute atomic E-state index is 0.428. The highest BCUT2D eigenvalue weighted by atomic mass is 35.5. The summed E-state index contributed by atoms with van der Waals surface area (Å²) in [5, 5.41) is 10.6. The van der Waals surface area contributed by atoms with E-state index < -0.39 is 0 Å². The highest BCUT2D eigenvalue weighted by Gasteiger charge is 2.12. The van der Waals surface area contributed by atoms with Crippen LogP contribution in [0.3, 0.4) is 0 Å². The minimum atomic E-state index is 0.428. The summed E-state index contributed by atoms with van der Waals surface area (Å²) in [4.78, 5) is 3.23. The van der Waals surface area contributed by atoms with E-state index >= 15 is 0 Å². The molecule has 0 aliphatic heterocycles. The maximum Gasteiger partial charge on any atom is 0.159 e. The molecule has 20 heavy (non-hydrogen) atoms. The third kappa shape index (κ3) is 2.59. The quantitative estimate of drug-likeness (QED) is 0.703. The molecule has 0 saturated carbocycles. The molecule has 0 atom stereocenters. The molecule has 0 saturated heterocycles. The van der Waals surface area contributed by atoms with E-state index in [-0.39, 0.29) is 0 Å². The van der Waals surface area contributed by atoms with Gasteiger partial charge in [-0.15, -0.1) is 21.5 Å². The van der Waals surface area contributed by atoms with E-state index in [0.717, 1.165) is 27.5 Å². The van der Waals surface area contributed by atoms with Crippen molar-refractivity contribution in [2.75, 3.05) is 11.9 Å². The molecule has 0 bridgehead atoms. The second-order valence-electron chi connectivity index (χ2n) is 4.42. The average molecular weight is 324 g/mol. The number of nitrogens with zero attached hydrogens (tertiary/aromatic N) is 3. The Morgan fingerprint density at radius 1 is 1.05 bits per heavy atom. The molecule has 0 spiro atoms. The van der Waals surface area contributed by atoms with Gasteiger partial charge in [0.05, 0.1) is 10.9 Å². The van der Waals surface area contributed by atoms with E-state index in [2.05, 4.69) is 10.2 Å². The summed E-state index contributed by atoms with van der Waals surface area (Å²) in [6, 6.07) is 11.8. The Balaban J connectivity index is 1.99. The summed E-state index contributed by atoms with van der Waals surface area (Å²) < 4.78 is 0.792. The van der Waals surface area contributed by atoms with Crippen LogP contribution in [0.4, 0.5) is 5.82 Å². The van der Waals surface area contributed by atoms with Crippen molar-refractivity contribution < 1.29 is 0 Å². The van der Waals surface area contributed by atoms with Gasteiger partial charge in [0.15, 0.2) is 11.0 Å². The fraction of sp³-hybridized carbons (Fsp3) is 0.143. The van der Waals surface area contributed by atoms with Gasteiger partial charge in [0, 0.05) is 22.7 Å². The highest BCUT2D eigenvalue weighted by molar-refractivity contribution is 7.16. The zero-order valence-corrected chi connectivity index (χ0v) is 13.0. The molecule has 0 amide bonds. The fourth-order valence-corrected chi connectivity index (χ4v) is 3.43. The van der Waals surface area contributed by atoms with Crippen molar-refractivity contribution in [3.63, 3.8) is 0 Å². The van der Waals surface area contributed by atoms with Crippen molar-refractivity contribution in [2.45, 2.75) is 6.54 Å². The van der Waals surface area contributed by atoms with Gasteiger partial charge in [0.2, 0.25) is 0 Å². The summed E-state index contributed by atoms with van der Waals surface area (Å²) >= 11 is 13.6. The first-order valence-corrected chi connectivity index (χ1v) is 7.58. The van der Waals surface area contributed by atoms with Crippen LogP contribution in [0, 0.1) is 0 Å². The van der Waals surface area contributed by atoms with Crippen molar-refractivity contribution in [2.24, 2.45) is 0 Å². The van der Waals surface area contributed by atoms with Gasteiger partial charge in [-0.1, -0.05) is 47.5 Å². The zero-order chi connectivity index (χ0) is 14.1. The average Bonchev–Trinajstić information content (AvgIpc) is 2.84. The van der Waals surface area contributed by atoms with Crippen LogP contribution in [-0.2, 0) is 6.54 Å². The normalized spacial score (nSPS) is 10.9. The monoisotopic (exact) mass is 323 g/mol. The van der Waals surface area contributed by atoms with Crippen LogP contribution in [0.15, 0.2) is 36.4 Å². The zero-order valence-electron chi connectivity index (χ0n) is 10.7. The SMILES string of the molecule is CN(Cc1ccc(Cl)s1)c1nnc(Cl)c2ccccc12. The first-order chi connectivity index (χ1) is 9.65. The van der Waals surface area contributed by atoms with Gasteiger partial charge in [-0.25, -0.2) is 0 Å². The Kier molecular flexibility index (Phi) is 3.78. The van der Waals surface area contributed by atoms with Gasteiger partial charge in [0.25, 0.3) is 0 Å². The number of benzene rings is 1. The molecule has 0 unspecified atom stereocenters. The maximum atomic E-state index is 6.09. The van der Waals surface area contributed by atoms with Crippen molar-refractivity contribution in [1.29, 1.82) is 0 Å². The van der Waals surface area contributed by atoms with Crippen molar-refractivity contribution in [3.8, 4) is 0 Å². The number of hydrogen-bond acceptors (Lipinski definition) is 4. The molecular weight excluding hydrogens is 313 g/mol. The van der Waals surface area contributed by atoms with Crippen LogP contribution in [0.25, 0.3) is 10.8 Å². The number of thiophene rings is 1. The van der Waals surface area contributed by atoms with Crippen LogP contribution in [0.2, 0.25) is 9.49 Å². The molecule has 2 heterocycles. The second-order valence-corrected chi connectivity index (χ2v) is 6.58. The lowest BCUT2D eigenvalue weighted by atomic mass is 10.2. The highest BCUT2D eigenvalue weighted by Crippen LogP contribution is 2.29.